The van der Waals surface area contributed by atoms with E-state index in [-0.39, 0.29) is 12.5 Å². The lowest BCUT2D eigenvalue weighted by molar-refractivity contribution is 0.102. The smallest absolute Gasteiger partial charge is 0.255 e. The Kier molecular flexibility index (Phi) is 7.04. The second-order valence-corrected chi connectivity index (χ2v) is 10.1. The third-order valence-electron chi connectivity index (χ3n) is 5.55. The summed E-state index contributed by atoms with van der Waals surface area (Å²) < 4.78 is 26.5. The number of hydrogen-bond acceptors (Lipinski definition) is 3. The molecule has 5 nitrogen and oxygen atoms in total. The number of anilines is 2. The second-order valence-electron chi connectivity index (χ2n) is 8.17. The van der Waals surface area contributed by atoms with Crippen LogP contribution in [-0.4, -0.2) is 20.6 Å². The van der Waals surface area contributed by atoms with Crippen molar-refractivity contribution in [2.45, 2.75) is 40.7 Å². The van der Waals surface area contributed by atoms with E-state index in [1.54, 1.807) is 24.3 Å². The molecule has 0 bridgehead atoms. The fraction of sp³-hybridized carbons (Fsp3) is 0.269. The first-order valence-corrected chi connectivity index (χ1v) is 12.5. The van der Waals surface area contributed by atoms with Crippen LogP contribution in [0.3, 0.4) is 0 Å². The van der Waals surface area contributed by atoms with Gasteiger partial charge in [-0.1, -0.05) is 49.4 Å². The molecule has 0 spiro atoms. The van der Waals surface area contributed by atoms with E-state index in [0.29, 0.717) is 11.3 Å². The van der Waals surface area contributed by atoms with E-state index in [1.165, 1.54) is 10.6 Å². The van der Waals surface area contributed by atoms with Gasteiger partial charge in [0.2, 0.25) is 10.0 Å². The van der Waals surface area contributed by atoms with Gasteiger partial charge in [0.25, 0.3) is 5.91 Å². The summed E-state index contributed by atoms with van der Waals surface area (Å²) in [5, 5.41) is 3.02. The zero-order valence-corrected chi connectivity index (χ0v) is 20.1. The van der Waals surface area contributed by atoms with Gasteiger partial charge >= 0.3 is 0 Å². The normalized spacial score (nSPS) is 11.3. The summed E-state index contributed by atoms with van der Waals surface area (Å²) in [7, 11) is -3.48. The molecule has 3 aromatic carbocycles. The van der Waals surface area contributed by atoms with Crippen LogP contribution in [0, 0.1) is 20.8 Å². The summed E-state index contributed by atoms with van der Waals surface area (Å²) >= 11 is 0. The van der Waals surface area contributed by atoms with Gasteiger partial charge in [-0.2, -0.15) is 0 Å². The maximum Gasteiger partial charge on any atom is 0.255 e. The fourth-order valence-corrected chi connectivity index (χ4v) is 4.62. The van der Waals surface area contributed by atoms with E-state index in [2.05, 4.69) is 12.2 Å². The van der Waals surface area contributed by atoms with Crippen molar-refractivity contribution in [2.75, 3.05) is 15.9 Å². The Morgan fingerprint density at radius 1 is 0.938 bits per heavy atom. The number of amides is 1. The Labute approximate surface area is 191 Å². The second kappa shape index (κ2) is 9.57. The summed E-state index contributed by atoms with van der Waals surface area (Å²) in [4.78, 5) is 12.8. The highest BCUT2D eigenvalue weighted by molar-refractivity contribution is 7.92. The third-order valence-corrected chi connectivity index (χ3v) is 6.68. The van der Waals surface area contributed by atoms with Crippen molar-refractivity contribution in [3.8, 4) is 0 Å². The predicted octanol–water partition coefficient (Wildman–Crippen LogP) is 5.39. The Bertz CT molecular complexity index is 1230. The van der Waals surface area contributed by atoms with E-state index in [9.17, 15) is 13.2 Å². The molecule has 0 unspecified atom stereocenters. The van der Waals surface area contributed by atoms with Crippen molar-refractivity contribution in [3.05, 3.63) is 94.0 Å². The molecule has 6 heteroatoms. The maximum absolute atomic E-state index is 12.8. The largest absolute Gasteiger partial charge is 0.321 e. The maximum atomic E-state index is 12.8. The molecule has 0 aliphatic heterocycles. The number of aryl methyl sites for hydroxylation is 4. The summed E-state index contributed by atoms with van der Waals surface area (Å²) in [6.45, 7) is 8.07. The molecule has 0 saturated carbocycles. The molecule has 3 rings (SSSR count). The zero-order chi connectivity index (χ0) is 23.5. The van der Waals surface area contributed by atoms with Crippen LogP contribution in [0.25, 0.3) is 0 Å². The lowest BCUT2D eigenvalue weighted by Gasteiger charge is -2.25. The summed E-state index contributed by atoms with van der Waals surface area (Å²) in [6, 6.07) is 18.8. The Balaban J connectivity index is 1.83. The highest BCUT2D eigenvalue weighted by Crippen LogP contribution is 2.26. The van der Waals surface area contributed by atoms with Gasteiger partial charge < -0.3 is 5.32 Å². The molecule has 0 aromatic heterocycles. The van der Waals surface area contributed by atoms with Gasteiger partial charge in [0.1, 0.15) is 0 Å². The molecule has 0 saturated heterocycles. The number of carbonyl (C=O) groups is 1. The van der Waals surface area contributed by atoms with Crippen molar-refractivity contribution in [2.24, 2.45) is 0 Å². The number of carbonyl (C=O) groups excluding carboxylic acids is 1. The Morgan fingerprint density at radius 3 is 2.25 bits per heavy atom. The van der Waals surface area contributed by atoms with Crippen molar-refractivity contribution < 1.29 is 13.2 Å². The third kappa shape index (κ3) is 5.37. The van der Waals surface area contributed by atoms with Gasteiger partial charge in [-0.05, 0) is 73.2 Å². The molecule has 0 aliphatic carbocycles. The molecule has 3 aromatic rings. The first-order chi connectivity index (χ1) is 15.1. The summed E-state index contributed by atoms with van der Waals surface area (Å²) in [6.07, 6.45) is 2.04. The SMILES string of the molecule is CCc1cccc(C)c1NC(=O)c1ccc(CN(c2cc(C)ccc2C)S(C)(=O)=O)cc1. The van der Waals surface area contributed by atoms with Gasteiger partial charge in [0, 0.05) is 11.3 Å². The molecule has 0 radical (unpaired) electrons. The lowest BCUT2D eigenvalue weighted by atomic mass is 10.0. The molecule has 0 heterocycles. The number of sulfonamides is 1. The highest BCUT2D eigenvalue weighted by Gasteiger charge is 2.20. The molecule has 32 heavy (non-hydrogen) atoms. The molecular formula is C26H30N2O3S. The van der Waals surface area contributed by atoms with Crippen LogP contribution in [0.4, 0.5) is 11.4 Å². The molecule has 0 aliphatic rings. The molecule has 1 N–H and O–H groups in total. The Hall–Kier alpha value is -3.12. The van der Waals surface area contributed by atoms with Crippen molar-refractivity contribution in [1.82, 2.24) is 0 Å². The standard InChI is InChI=1S/C26H30N2O3S/c1-6-22-9-7-8-20(4)25(22)27-26(29)23-14-12-21(13-15-23)17-28(32(5,30)31)24-16-18(2)10-11-19(24)3/h7-16H,6,17H2,1-5H3,(H,27,29). The number of hydrogen-bond donors (Lipinski definition) is 1. The lowest BCUT2D eigenvalue weighted by Crippen LogP contribution is -2.30. The van der Waals surface area contributed by atoms with Crippen LogP contribution in [0.1, 0.15) is 45.1 Å². The number of para-hydroxylation sites is 1. The van der Waals surface area contributed by atoms with Gasteiger partial charge in [-0.25, -0.2) is 8.42 Å². The van der Waals surface area contributed by atoms with Crippen molar-refractivity contribution in [1.29, 1.82) is 0 Å². The van der Waals surface area contributed by atoms with Crippen LogP contribution in [0.15, 0.2) is 60.7 Å². The van der Waals surface area contributed by atoms with Crippen LogP contribution in [-0.2, 0) is 23.0 Å². The number of rotatable bonds is 7. The monoisotopic (exact) mass is 450 g/mol. The molecule has 0 atom stereocenters. The van der Waals surface area contributed by atoms with Crippen LogP contribution in [0.5, 0.6) is 0 Å². The van der Waals surface area contributed by atoms with Gasteiger partial charge in [0.05, 0.1) is 18.5 Å². The zero-order valence-electron chi connectivity index (χ0n) is 19.3. The molecule has 0 fully saturated rings. The van der Waals surface area contributed by atoms with Gasteiger partial charge in [0.15, 0.2) is 0 Å². The average Bonchev–Trinajstić information content (AvgIpc) is 2.75. The quantitative estimate of drug-likeness (QED) is 0.525. The first kappa shape index (κ1) is 23.5. The minimum absolute atomic E-state index is 0.185. The fourth-order valence-electron chi connectivity index (χ4n) is 3.68. The van der Waals surface area contributed by atoms with Crippen LogP contribution < -0.4 is 9.62 Å². The first-order valence-electron chi connectivity index (χ1n) is 10.6. The van der Waals surface area contributed by atoms with Crippen LogP contribution >= 0.6 is 0 Å². The molecular weight excluding hydrogens is 420 g/mol. The summed E-state index contributed by atoms with van der Waals surface area (Å²) in [5.41, 5.74) is 6.84. The van der Waals surface area contributed by atoms with E-state index in [4.69, 9.17) is 0 Å². The predicted molar refractivity (Wildman–Crippen MR) is 132 cm³/mol. The van der Waals surface area contributed by atoms with Gasteiger partial charge in [-0.15, -0.1) is 0 Å². The van der Waals surface area contributed by atoms with Crippen molar-refractivity contribution >= 4 is 27.3 Å². The number of benzene rings is 3. The van der Waals surface area contributed by atoms with E-state index >= 15 is 0 Å². The van der Waals surface area contributed by atoms with Gasteiger partial charge in [-0.3, -0.25) is 9.10 Å². The number of nitrogens with zero attached hydrogens (tertiary/aromatic N) is 1. The minimum Gasteiger partial charge on any atom is -0.321 e. The van der Waals surface area contributed by atoms with E-state index in [1.807, 2.05) is 57.2 Å². The van der Waals surface area contributed by atoms with Crippen LogP contribution in [0.2, 0.25) is 0 Å². The molecule has 1 amide bonds. The average molecular weight is 451 g/mol. The Morgan fingerprint density at radius 2 is 1.62 bits per heavy atom. The van der Waals surface area contributed by atoms with Crippen molar-refractivity contribution in [3.63, 3.8) is 0 Å². The topological polar surface area (TPSA) is 66.5 Å². The number of nitrogens with one attached hydrogen (secondary N) is 1. The highest BCUT2D eigenvalue weighted by atomic mass is 32.2. The minimum atomic E-state index is -3.48. The van der Waals surface area contributed by atoms with E-state index < -0.39 is 10.0 Å². The summed E-state index contributed by atoms with van der Waals surface area (Å²) in [5.74, 6) is -0.185. The van der Waals surface area contributed by atoms with E-state index in [0.717, 1.165) is 39.9 Å². The molecule has 168 valence electrons.